The predicted octanol–water partition coefficient (Wildman–Crippen LogP) is 4.13. The highest BCUT2D eigenvalue weighted by Crippen LogP contribution is 2.32. The highest BCUT2D eigenvalue weighted by Gasteiger charge is 2.30. The molecule has 0 unspecified atom stereocenters. The number of hydrogen-bond donors (Lipinski definition) is 2. The molecule has 2 N–H and O–H groups in total. The van der Waals surface area contributed by atoms with Gasteiger partial charge in [-0.3, -0.25) is 13.8 Å². The first-order valence-corrected chi connectivity index (χ1v) is 13.1. The van der Waals surface area contributed by atoms with Crippen molar-refractivity contribution in [2.24, 2.45) is 0 Å². The molecule has 0 saturated carbocycles. The summed E-state index contributed by atoms with van der Waals surface area (Å²) >= 11 is 18.8. The van der Waals surface area contributed by atoms with Crippen molar-refractivity contribution < 1.29 is 18.5 Å². The minimum Gasteiger partial charge on any atom is -0.471 e. The molecule has 1 aliphatic heterocycles. The molecule has 0 spiro atoms. The lowest BCUT2D eigenvalue weighted by Gasteiger charge is -2.24. The lowest BCUT2D eigenvalue weighted by molar-refractivity contribution is 0.0944. The van der Waals surface area contributed by atoms with Crippen LogP contribution in [0, 0.1) is 0 Å². The fraction of sp³-hybridized carbons (Fsp3) is 0.273. The minimum atomic E-state index is -0.921. The van der Waals surface area contributed by atoms with Crippen LogP contribution in [0.1, 0.15) is 34.7 Å². The monoisotopic (exact) mass is 555 g/mol. The Labute approximate surface area is 218 Å². The second kappa shape index (κ2) is 10.5. The van der Waals surface area contributed by atoms with Gasteiger partial charge >= 0.3 is 0 Å². The van der Waals surface area contributed by atoms with Crippen LogP contribution in [0.25, 0.3) is 5.82 Å². The number of carbonyl (C=O) groups excluding carboxylic acids is 2. The van der Waals surface area contributed by atoms with E-state index >= 15 is 0 Å². The van der Waals surface area contributed by atoms with Gasteiger partial charge in [-0.1, -0.05) is 34.8 Å². The first kappa shape index (κ1) is 25.4. The number of benzene rings is 1. The summed E-state index contributed by atoms with van der Waals surface area (Å²) in [6.45, 7) is 3.60. The normalized spacial score (nSPS) is 17.1. The molecule has 3 aromatic rings. The molecule has 35 heavy (non-hydrogen) atoms. The topological polar surface area (TPSA) is 115 Å². The van der Waals surface area contributed by atoms with Gasteiger partial charge in [-0.2, -0.15) is 0 Å². The van der Waals surface area contributed by atoms with Gasteiger partial charge in [-0.25, -0.2) is 9.67 Å². The summed E-state index contributed by atoms with van der Waals surface area (Å²) in [4.78, 5) is 30.4. The summed E-state index contributed by atoms with van der Waals surface area (Å²) in [5.41, 5.74) is 0.207. The third kappa shape index (κ3) is 5.78. The fourth-order valence-corrected chi connectivity index (χ4v) is 4.89. The van der Waals surface area contributed by atoms with Crippen LogP contribution in [0.4, 0.5) is 5.69 Å². The molecule has 1 saturated heterocycles. The Morgan fingerprint density at radius 1 is 1.14 bits per heavy atom. The van der Waals surface area contributed by atoms with Crippen molar-refractivity contribution in [1.29, 1.82) is 0 Å². The van der Waals surface area contributed by atoms with Crippen molar-refractivity contribution in [3.8, 4) is 11.7 Å². The molecule has 0 atom stereocenters. The summed E-state index contributed by atoms with van der Waals surface area (Å²) in [7, 11) is -0.921. The predicted molar refractivity (Wildman–Crippen MR) is 136 cm³/mol. The van der Waals surface area contributed by atoms with Crippen molar-refractivity contribution in [3.05, 3.63) is 62.9 Å². The van der Waals surface area contributed by atoms with Gasteiger partial charge in [0.1, 0.15) is 11.8 Å². The second-order valence-corrected chi connectivity index (χ2v) is 10.8. The van der Waals surface area contributed by atoms with Gasteiger partial charge in [-0.05, 0) is 38.1 Å². The fourth-order valence-electron chi connectivity index (χ4n) is 3.28. The molecular formula is C22H20Cl3N5O4S. The van der Waals surface area contributed by atoms with Crippen molar-refractivity contribution in [2.75, 3.05) is 16.8 Å². The highest BCUT2D eigenvalue weighted by molar-refractivity contribution is 7.86. The van der Waals surface area contributed by atoms with Gasteiger partial charge in [-0.15, -0.1) is 5.10 Å². The lowest BCUT2D eigenvalue weighted by atomic mass is 10.1. The van der Waals surface area contributed by atoms with Gasteiger partial charge in [0.15, 0.2) is 5.82 Å². The van der Waals surface area contributed by atoms with Crippen molar-refractivity contribution >= 4 is 63.1 Å². The maximum atomic E-state index is 13.4. The zero-order chi connectivity index (χ0) is 25.3. The van der Waals surface area contributed by atoms with Crippen LogP contribution in [-0.2, 0) is 10.8 Å². The molecule has 0 radical (unpaired) electrons. The first-order valence-electron chi connectivity index (χ1n) is 10.5. The van der Waals surface area contributed by atoms with Crippen LogP contribution in [0.5, 0.6) is 5.88 Å². The standard InChI is InChI=1S/C22H20Cl3N5O4S/c1-11(2)27-21(31)14-6-12(23)7-16(25)19(14)28-22(32)17-8-18(34-13-9-35(33)10-13)29-30(17)20-15(24)4-3-5-26-20/h3-8,11,13H,9-10H2,1-2H3,(H,27,31)(H,28,32). The Balaban J connectivity index is 1.71. The Hall–Kier alpha value is -2.66. The minimum absolute atomic E-state index is 0.0299. The molecule has 2 aromatic heterocycles. The average molecular weight is 557 g/mol. The Bertz CT molecular complexity index is 1320. The molecule has 0 bridgehead atoms. The average Bonchev–Trinajstić information content (AvgIpc) is 3.18. The number of rotatable bonds is 7. The van der Waals surface area contributed by atoms with Crippen molar-refractivity contribution in [2.45, 2.75) is 26.0 Å². The Morgan fingerprint density at radius 2 is 1.89 bits per heavy atom. The van der Waals surface area contributed by atoms with E-state index < -0.39 is 22.6 Å². The number of hydrogen-bond acceptors (Lipinski definition) is 6. The summed E-state index contributed by atoms with van der Waals surface area (Å²) in [6.07, 6.45) is 1.23. The van der Waals surface area contributed by atoms with Crippen LogP contribution < -0.4 is 15.4 Å². The van der Waals surface area contributed by atoms with Gasteiger partial charge in [0.05, 0.1) is 32.8 Å². The number of amides is 2. The molecule has 13 heteroatoms. The van der Waals surface area contributed by atoms with E-state index in [9.17, 15) is 13.8 Å². The second-order valence-electron chi connectivity index (χ2n) is 7.99. The largest absolute Gasteiger partial charge is 0.471 e. The molecule has 1 aliphatic rings. The SMILES string of the molecule is CC(C)NC(=O)c1cc(Cl)cc(Cl)c1NC(=O)c1cc(OC2CS(=O)C2)nn1-c1ncccc1Cl. The van der Waals surface area contributed by atoms with Crippen LogP contribution >= 0.6 is 34.8 Å². The van der Waals surface area contributed by atoms with E-state index in [1.807, 2.05) is 0 Å². The first-order chi connectivity index (χ1) is 16.6. The number of nitrogens with one attached hydrogen (secondary N) is 2. The molecule has 1 aromatic carbocycles. The number of halogens is 3. The molecule has 1 fully saturated rings. The third-order valence-corrected chi connectivity index (χ3v) is 7.15. The Kier molecular flexibility index (Phi) is 7.65. The van der Waals surface area contributed by atoms with E-state index in [0.29, 0.717) is 11.5 Å². The van der Waals surface area contributed by atoms with Gasteiger partial charge in [0.2, 0.25) is 5.88 Å². The van der Waals surface area contributed by atoms with Gasteiger partial charge in [0.25, 0.3) is 11.8 Å². The van der Waals surface area contributed by atoms with Crippen LogP contribution in [0.3, 0.4) is 0 Å². The Morgan fingerprint density at radius 3 is 2.54 bits per heavy atom. The summed E-state index contributed by atoms with van der Waals surface area (Å²) in [5, 5.41) is 10.3. The van der Waals surface area contributed by atoms with Crippen LogP contribution in [-0.4, -0.2) is 54.4 Å². The van der Waals surface area contributed by atoms with E-state index in [2.05, 4.69) is 20.7 Å². The van der Waals surface area contributed by atoms with Gasteiger partial charge in [0, 0.05) is 34.1 Å². The maximum Gasteiger partial charge on any atom is 0.274 e. The van der Waals surface area contributed by atoms with E-state index in [1.54, 1.807) is 26.0 Å². The number of carbonyl (C=O) groups is 2. The zero-order valence-corrected chi connectivity index (χ0v) is 21.6. The third-order valence-electron chi connectivity index (χ3n) is 4.85. The molecule has 0 aliphatic carbocycles. The van der Waals surface area contributed by atoms with E-state index in [-0.39, 0.29) is 55.9 Å². The molecule has 9 nitrogen and oxygen atoms in total. The summed E-state index contributed by atoms with van der Waals surface area (Å²) < 4.78 is 18.4. The summed E-state index contributed by atoms with van der Waals surface area (Å²) in [6, 6.07) is 7.34. The number of nitrogens with zero attached hydrogens (tertiary/aromatic N) is 3. The van der Waals surface area contributed by atoms with Crippen molar-refractivity contribution in [1.82, 2.24) is 20.1 Å². The zero-order valence-electron chi connectivity index (χ0n) is 18.5. The van der Waals surface area contributed by atoms with Crippen molar-refractivity contribution in [3.63, 3.8) is 0 Å². The maximum absolute atomic E-state index is 13.4. The molecule has 3 heterocycles. The van der Waals surface area contributed by atoms with E-state index in [0.717, 1.165) is 0 Å². The molecule has 2 amide bonds. The highest BCUT2D eigenvalue weighted by atomic mass is 35.5. The summed E-state index contributed by atoms with van der Waals surface area (Å²) in [5.74, 6) is 0.00266. The number of aromatic nitrogens is 3. The number of anilines is 1. The molecule has 4 rings (SSSR count). The number of ether oxygens (including phenoxy) is 1. The number of pyridine rings is 1. The van der Waals surface area contributed by atoms with E-state index in [1.165, 1.54) is 29.1 Å². The quantitative estimate of drug-likeness (QED) is 0.452. The molecule has 184 valence electrons. The lowest BCUT2D eigenvalue weighted by Crippen LogP contribution is -2.41. The van der Waals surface area contributed by atoms with E-state index in [4.69, 9.17) is 39.5 Å². The molecular weight excluding hydrogens is 537 g/mol. The van der Waals surface area contributed by atoms with Gasteiger partial charge < -0.3 is 15.4 Å². The smallest absolute Gasteiger partial charge is 0.274 e. The van der Waals surface area contributed by atoms with Crippen LogP contribution in [0.15, 0.2) is 36.5 Å². The van der Waals surface area contributed by atoms with Crippen LogP contribution in [0.2, 0.25) is 15.1 Å².